The number of hydrogen-bond donors (Lipinski definition) is 2. The number of aromatic nitrogens is 2. The highest BCUT2D eigenvalue weighted by Crippen LogP contribution is 2.20. The molecule has 20 heavy (non-hydrogen) atoms. The Morgan fingerprint density at radius 3 is 2.45 bits per heavy atom. The molecule has 0 fully saturated rings. The zero-order valence-corrected chi connectivity index (χ0v) is 12.6. The quantitative estimate of drug-likeness (QED) is 0.861. The van der Waals surface area contributed by atoms with Crippen LogP contribution in [0.2, 0.25) is 5.02 Å². The molecule has 0 saturated carbocycles. The molecule has 0 unspecified atom stereocenters. The molecule has 0 aliphatic rings. The maximum Gasteiger partial charge on any atom is 0.0860 e. The van der Waals surface area contributed by atoms with E-state index < -0.39 is 0 Å². The van der Waals surface area contributed by atoms with Crippen molar-refractivity contribution in [1.29, 1.82) is 0 Å². The van der Waals surface area contributed by atoms with Crippen molar-refractivity contribution >= 4 is 11.6 Å². The minimum absolute atomic E-state index is 0.0816. The molecule has 1 aromatic heterocycles. The van der Waals surface area contributed by atoms with E-state index in [-0.39, 0.29) is 6.61 Å². The van der Waals surface area contributed by atoms with Crippen LogP contribution in [-0.2, 0) is 26.2 Å². The fourth-order valence-electron chi connectivity index (χ4n) is 2.13. The fourth-order valence-corrected chi connectivity index (χ4v) is 2.33. The van der Waals surface area contributed by atoms with Crippen molar-refractivity contribution in [1.82, 2.24) is 15.1 Å². The van der Waals surface area contributed by atoms with Gasteiger partial charge in [-0.2, -0.15) is 5.10 Å². The second-order valence-electron chi connectivity index (χ2n) is 4.74. The van der Waals surface area contributed by atoms with Crippen molar-refractivity contribution < 1.29 is 5.11 Å². The van der Waals surface area contributed by atoms with Crippen LogP contribution in [-0.4, -0.2) is 14.9 Å². The van der Waals surface area contributed by atoms with Crippen LogP contribution in [0.3, 0.4) is 0 Å². The highest BCUT2D eigenvalue weighted by Gasteiger charge is 2.11. The molecule has 0 radical (unpaired) electrons. The third-order valence-electron chi connectivity index (χ3n) is 3.28. The van der Waals surface area contributed by atoms with Crippen LogP contribution in [0.1, 0.15) is 29.4 Å². The lowest BCUT2D eigenvalue weighted by molar-refractivity contribution is 0.282. The maximum atomic E-state index is 9.00. The third-order valence-corrected chi connectivity index (χ3v) is 3.77. The first-order valence-electron chi connectivity index (χ1n) is 6.76. The SMILES string of the molecule is CCn1nc(C)c(Cl)c1CNCc1ccc(CO)cc1. The molecule has 0 bridgehead atoms. The van der Waals surface area contributed by atoms with Gasteiger partial charge in [0.2, 0.25) is 0 Å². The van der Waals surface area contributed by atoms with Crippen LogP contribution in [0.5, 0.6) is 0 Å². The highest BCUT2D eigenvalue weighted by atomic mass is 35.5. The maximum absolute atomic E-state index is 9.00. The van der Waals surface area contributed by atoms with Crippen LogP contribution in [0, 0.1) is 6.92 Å². The van der Waals surface area contributed by atoms with Gasteiger partial charge >= 0.3 is 0 Å². The van der Waals surface area contributed by atoms with Gasteiger partial charge in [-0.1, -0.05) is 35.9 Å². The number of halogens is 1. The number of hydrogen-bond acceptors (Lipinski definition) is 3. The molecule has 2 rings (SSSR count). The number of rotatable bonds is 6. The molecule has 1 heterocycles. The predicted molar refractivity (Wildman–Crippen MR) is 80.6 cm³/mol. The first-order chi connectivity index (χ1) is 9.65. The monoisotopic (exact) mass is 293 g/mol. The average molecular weight is 294 g/mol. The van der Waals surface area contributed by atoms with Crippen LogP contribution < -0.4 is 5.32 Å². The smallest absolute Gasteiger partial charge is 0.0860 e. The third kappa shape index (κ3) is 3.39. The lowest BCUT2D eigenvalue weighted by Gasteiger charge is -2.08. The lowest BCUT2D eigenvalue weighted by Crippen LogP contribution is -2.16. The van der Waals surface area contributed by atoms with Crippen LogP contribution >= 0.6 is 11.6 Å². The summed E-state index contributed by atoms with van der Waals surface area (Å²) in [6.45, 7) is 6.32. The van der Waals surface area contributed by atoms with Gasteiger partial charge in [-0.25, -0.2) is 0 Å². The van der Waals surface area contributed by atoms with E-state index in [2.05, 4.69) is 17.3 Å². The van der Waals surface area contributed by atoms with Gasteiger partial charge in [-0.3, -0.25) is 4.68 Å². The predicted octanol–water partition coefficient (Wildman–Crippen LogP) is 2.65. The van der Waals surface area contributed by atoms with Crippen molar-refractivity contribution in [2.45, 2.75) is 40.1 Å². The molecule has 5 heteroatoms. The summed E-state index contributed by atoms with van der Waals surface area (Å²) in [5.41, 5.74) is 4.00. The summed E-state index contributed by atoms with van der Waals surface area (Å²) >= 11 is 6.26. The number of aliphatic hydroxyl groups excluding tert-OH is 1. The van der Waals surface area contributed by atoms with Gasteiger partial charge in [0.05, 0.1) is 23.0 Å². The van der Waals surface area contributed by atoms with Crippen molar-refractivity contribution in [3.05, 3.63) is 51.8 Å². The first-order valence-corrected chi connectivity index (χ1v) is 7.14. The molecule has 2 aromatic rings. The van der Waals surface area contributed by atoms with Gasteiger partial charge in [-0.05, 0) is 25.0 Å². The molecule has 4 nitrogen and oxygen atoms in total. The van der Waals surface area contributed by atoms with Crippen molar-refractivity contribution in [3.63, 3.8) is 0 Å². The molecule has 0 aliphatic carbocycles. The molecule has 0 saturated heterocycles. The van der Waals surface area contributed by atoms with E-state index in [0.717, 1.165) is 35.1 Å². The highest BCUT2D eigenvalue weighted by molar-refractivity contribution is 6.31. The average Bonchev–Trinajstić information content (AvgIpc) is 2.75. The molecule has 1 aromatic carbocycles. The number of benzene rings is 1. The summed E-state index contributed by atoms with van der Waals surface area (Å²) in [5, 5.41) is 17.5. The summed E-state index contributed by atoms with van der Waals surface area (Å²) in [4.78, 5) is 0. The fraction of sp³-hybridized carbons (Fsp3) is 0.400. The molecular weight excluding hydrogens is 274 g/mol. The second kappa shape index (κ2) is 6.88. The topological polar surface area (TPSA) is 50.1 Å². The van der Waals surface area contributed by atoms with Crippen LogP contribution in [0.4, 0.5) is 0 Å². The number of aryl methyl sites for hydroxylation is 2. The molecule has 0 spiro atoms. The standard InChI is InChI=1S/C15H20ClN3O/c1-3-19-14(15(16)11(2)18-19)9-17-8-12-4-6-13(10-20)7-5-12/h4-7,17,20H,3,8-10H2,1-2H3. The second-order valence-corrected chi connectivity index (χ2v) is 5.12. The van der Waals surface area contributed by atoms with E-state index in [0.29, 0.717) is 6.54 Å². The molecule has 0 amide bonds. The van der Waals surface area contributed by atoms with Crippen molar-refractivity contribution in [2.24, 2.45) is 0 Å². The van der Waals surface area contributed by atoms with E-state index in [1.54, 1.807) is 0 Å². The Morgan fingerprint density at radius 2 is 1.85 bits per heavy atom. The summed E-state index contributed by atoms with van der Waals surface area (Å²) in [6.07, 6.45) is 0. The van der Waals surface area contributed by atoms with E-state index in [1.807, 2.05) is 35.9 Å². The van der Waals surface area contributed by atoms with Gasteiger partial charge in [0.25, 0.3) is 0 Å². The number of nitrogens with one attached hydrogen (secondary N) is 1. The van der Waals surface area contributed by atoms with E-state index in [9.17, 15) is 0 Å². The van der Waals surface area contributed by atoms with Crippen molar-refractivity contribution in [2.75, 3.05) is 0 Å². The zero-order valence-electron chi connectivity index (χ0n) is 11.9. The van der Waals surface area contributed by atoms with E-state index in [4.69, 9.17) is 16.7 Å². The number of nitrogens with zero attached hydrogens (tertiary/aromatic N) is 2. The van der Waals surface area contributed by atoms with Gasteiger partial charge < -0.3 is 10.4 Å². The Labute approximate surface area is 124 Å². The zero-order chi connectivity index (χ0) is 14.5. The summed E-state index contributed by atoms with van der Waals surface area (Å²) in [5.74, 6) is 0. The Hall–Kier alpha value is -1.36. The summed E-state index contributed by atoms with van der Waals surface area (Å²) in [6, 6.07) is 7.90. The number of aliphatic hydroxyl groups is 1. The Balaban J connectivity index is 1.95. The minimum atomic E-state index is 0.0816. The van der Waals surface area contributed by atoms with Gasteiger partial charge in [0.1, 0.15) is 0 Å². The van der Waals surface area contributed by atoms with E-state index in [1.165, 1.54) is 5.56 Å². The normalized spacial score (nSPS) is 11.0. The molecular formula is C15H20ClN3O. The summed E-state index contributed by atoms with van der Waals surface area (Å²) < 4.78 is 1.93. The molecule has 108 valence electrons. The molecule has 2 N–H and O–H groups in total. The van der Waals surface area contributed by atoms with Gasteiger partial charge in [0.15, 0.2) is 0 Å². The Kier molecular flexibility index (Phi) is 5.17. The van der Waals surface area contributed by atoms with Gasteiger partial charge in [-0.15, -0.1) is 0 Å². The van der Waals surface area contributed by atoms with E-state index >= 15 is 0 Å². The Bertz CT molecular complexity index is 563. The van der Waals surface area contributed by atoms with Crippen molar-refractivity contribution in [3.8, 4) is 0 Å². The van der Waals surface area contributed by atoms with Crippen LogP contribution in [0.15, 0.2) is 24.3 Å². The van der Waals surface area contributed by atoms with Gasteiger partial charge in [0, 0.05) is 19.6 Å². The minimum Gasteiger partial charge on any atom is -0.392 e. The lowest BCUT2D eigenvalue weighted by atomic mass is 10.1. The summed E-state index contributed by atoms with van der Waals surface area (Å²) in [7, 11) is 0. The largest absolute Gasteiger partial charge is 0.392 e. The first kappa shape index (κ1) is 15.0. The Morgan fingerprint density at radius 1 is 1.20 bits per heavy atom. The molecule has 0 atom stereocenters. The molecule has 0 aliphatic heterocycles. The van der Waals surface area contributed by atoms with Crippen LogP contribution in [0.25, 0.3) is 0 Å².